The third-order valence-corrected chi connectivity index (χ3v) is 12.3. The van der Waals surface area contributed by atoms with Gasteiger partial charge in [-0.15, -0.1) is 0 Å². The summed E-state index contributed by atoms with van der Waals surface area (Å²) in [4.78, 5) is 12.7. The number of aliphatic hydroxyl groups excluding tert-OH is 1. The van der Waals surface area contributed by atoms with Gasteiger partial charge >= 0.3 is 5.97 Å². The molecule has 10 atom stereocenters. The van der Waals surface area contributed by atoms with Crippen LogP contribution in [0.2, 0.25) is 0 Å². The average molecular weight is 515 g/mol. The van der Waals surface area contributed by atoms with E-state index in [9.17, 15) is 15.0 Å². The van der Waals surface area contributed by atoms with Crippen molar-refractivity contribution >= 4 is 5.97 Å². The first-order valence-corrected chi connectivity index (χ1v) is 15.1. The average Bonchev–Trinajstić information content (AvgIpc) is 3.05. The van der Waals surface area contributed by atoms with E-state index in [0.717, 1.165) is 37.2 Å². The van der Waals surface area contributed by atoms with Gasteiger partial charge in [-0.2, -0.15) is 0 Å². The van der Waals surface area contributed by atoms with Crippen molar-refractivity contribution in [2.45, 2.75) is 125 Å². The molecule has 0 spiro atoms. The highest BCUT2D eigenvalue weighted by atomic mass is 16.5. The van der Waals surface area contributed by atoms with Gasteiger partial charge in [0.2, 0.25) is 0 Å². The van der Waals surface area contributed by atoms with Crippen LogP contribution in [-0.4, -0.2) is 28.4 Å². The lowest BCUT2D eigenvalue weighted by molar-refractivity contribution is -0.229. The summed E-state index contributed by atoms with van der Waals surface area (Å²) in [6.07, 6.45) is 7.94. The van der Waals surface area contributed by atoms with E-state index >= 15 is 0 Å². The molecule has 0 heterocycles. The van der Waals surface area contributed by atoms with Crippen molar-refractivity contribution in [3.05, 3.63) is 23.5 Å². The Balaban J connectivity index is 1.80. The molecule has 1 unspecified atom stereocenters. The van der Waals surface area contributed by atoms with Gasteiger partial charge in [-0.3, -0.25) is 0 Å². The fraction of sp³-hybridized carbons (Fsp3) is 0.848. The number of fused-ring (bicyclic) bond motifs is 5. The monoisotopic (exact) mass is 514 g/mol. The zero-order chi connectivity index (χ0) is 27.5. The molecule has 210 valence electrons. The van der Waals surface area contributed by atoms with E-state index in [1.54, 1.807) is 0 Å². The first-order valence-electron chi connectivity index (χ1n) is 15.1. The molecule has 4 nitrogen and oxygen atoms in total. The molecule has 0 radical (unpaired) electrons. The smallest absolute Gasteiger partial charge is 0.331 e. The number of rotatable bonds is 7. The van der Waals surface area contributed by atoms with Crippen molar-refractivity contribution in [1.29, 1.82) is 0 Å². The van der Waals surface area contributed by atoms with Crippen LogP contribution in [0.15, 0.2) is 23.5 Å². The molecule has 4 aliphatic rings. The molecule has 0 bridgehead atoms. The molecule has 0 aromatic carbocycles. The highest BCUT2D eigenvalue weighted by Gasteiger charge is 2.70. The summed E-state index contributed by atoms with van der Waals surface area (Å²) in [5.74, 6) is 2.70. The van der Waals surface area contributed by atoms with Gasteiger partial charge in [0, 0.05) is 5.57 Å². The molecule has 4 aliphatic carbocycles. The third-order valence-electron chi connectivity index (χ3n) is 12.3. The number of carboxylic acids is 1. The molecule has 0 amide bonds. The SMILES string of the molecule is C=C(C)OC1C[C@@]2(C)[C@@H](C[C@@H](O)[C@H]3[C@@]4(C)CC[C@@H](C)[C@H](C)[C@@H]4CC[C@@]32C)/C1=C(\CCCC(C)C)C(=O)O. The molecule has 4 saturated carbocycles. The Morgan fingerprint density at radius 2 is 1.81 bits per heavy atom. The van der Waals surface area contributed by atoms with Gasteiger partial charge in [0.05, 0.1) is 11.9 Å². The summed E-state index contributed by atoms with van der Waals surface area (Å²) in [5, 5.41) is 22.5. The minimum atomic E-state index is -0.814. The Morgan fingerprint density at radius 3 is 2.41 bits per heavy atom. The van der Waals surface area contributed by atoms with Crippen LogP contribution in [0.4, 0.5) is 0 Å². The van der Waals surface area contributed by atoms with Crippen LogP contribution < -0.4 is 0 Å². The summed E-state index contributed by atoms with van der Waals surface area (Å²) < 4.78 is 6.37. The van der Waals surface area contributed by atoms with Crippen molar-refractivity contribution in [3.63, 3.8) is 0 Å². The molecule has 4 heteroatoms. The molecule has 0 aliphatic heterocycles. The number of aliphatic hydroxyl groups is 1. The Labute approximate surface area is 226 Å². The van der Waals surface area contributed by atoms with E-state index in [-0.39, 0.29) is 34.2 Å². The van der Waals surface area contributed by atoms with E-state index < -0.39 is 12.1 Å². The zero-order valence-electron chi connectivity index (χ0n) is 24.9. The fourth-order valence-electron chi connectivity index (χ4n) is 10.2. The molecule has 4 rings (SSSR count). The summed E-state index contributed by atoms with van der Waals surface area (Å²) >= 11 is 0. The second-order valence-corrected chi connectivity index (χ2v) is 14.7. The summed E-state index contributed by atoms with van der Waals surface area (Å²) in [5.41, 5.74) is 1.43. The predicted octanol–water partition coefficient (Wildman–Crippen LogP) is 8.01. The summed E-state index contributed by atoms with van der Waals surface area (Å²) in [6, 6.07) is 0. The molecule has 37 heavy (non-hydrogen) atoms. The Bertz CT molecular complexity index is 935. The number of hydrogen-bond acceptors (Lipinski definition) is 3. The van der Waals surface area contributed by atoms with Crippen molar-refractivity contribution in [3.8, 4) is 0 Å². The lowest BCUT2D eigenvalue weighted by atomic mass is 9.36. The van der Waals surface area contributed by atoms with E-state index in [1.165, 1.54) is 19.3 Å². The zero-order valence-corrected chi connectivity index (χ0v) is 24.9. The van der Waals surface area contributed by atoms with Crippen molar-refractivity contribution in [2.75, 3.05) is 0 Å². The maximum atomic E-state index is 12.7. The molecular formula is C33H54O4. The first-order chi connectivity index (χ1) is 17.2. The van der Waals surface area contributed by atoms with Crippen LogP contribution in [0.3, 0.4) is 0 Å². The molecule has 0 aromatic heterocycles. The molecule has 0 saturated heterocycles. The predicted molar refractivity (Wildman–Crippen MR) is 150 cm³/mol. The van der Waals surface area contributed by atoms with Crippen LogP contribution in [0.1, 0.15) is 113 Å². The van der Waals surface area contributed by atoms with Gasteiger partial charge in [-0.05, 0) is 116 Å². The van der Waals surface area contributed by atoms with Gasteiger partial charge < -0.3 is 14.9 Å². The minimum absolute atomic E-state index is 0.0262. The number of aliphatic carboxylic acids is 1. The molecular weight excluding hydrogens is 460 g/mol. The second kappa shape index (κ2) is 10.0. The van der Waals surface area contributed by atoms with Crippen LogP contribution in [0.25, 0.3) is 0 Å². The summed E-state index contributed by atoms with van der Waals surface area (Å²) in [7, 11) is 0. The van der Waals surface area contributed by atoms with Crippen molar-refractivity contribution in [1.82, 2.24) is 0 Å². The Morgan fingerprint density at radius 1 is 1.14 bits per heavy atom. The van der Waals surface area contributed by atoms with E-state index in [4.69, 9.17) is 4.74 Å². The Hall–Kier alpha value is -1.29. The van der Waals surface area contributed by atoms with Gasteiger partial charge in [-0.1, -0.05) is 61.5 Å². The highest BCUT2D eigenvalue weighted by Crippen LogP contribution is 2.74. The minimum Gasteiger partial charge on any atom is -0.491 e. The van der Waals surface area contributed by atoms with Crippen molar-refractivity contribution in [2.24, 2.45) is 51.8 Å². The first kappa shape index (κ1) is 28.7. The number of carbonyl (C=O) groups is 1. The molecule has 2 N–H and O–H groups in total. The standard InChI is InChI=1S/C33H54O4/c1-19(2)11-10-12-23(30(35)36)28-25-17-26(34)29-31(7)15-13-21(5)22(6)24(31)14-16-32(29,8)33(25,9)18-27(28)37-20(3)4/h19,21-22,24-27,29,34H,3,10-18H2,1-2,4-9H3,(H,35,36)/b28-23-/t21-,22+,24+,25+,26-,27?,29+,31+,32+,33+/m1/s1. The molecule has 4 fully saturated rings. The third kappa shape index (κ3) is 4.51. The van der Waals surface area contributed by atoms with Gasteiger partial charge in [-0.25, -0.2) is 4.79 Å². The van der Waals surface area contributed by atoms with E-state index in [0.29, 0.717) is 41.9 Å². The summed E-state index contributed by atoms with van der Waals surface area (Å²) in [6.45, 7) is 22.5. The number of hydrogen-bond donors (Lipinski definition) is 2. The largest absolute Gasteiger partial charge is 0.491 e. The van der Waals surface area contributed by atoms with Gasteiger partial charge in [0.1, 0.15) is 6.10 Å². The normalized spacial score (nSPS) is 46.6. The van der Waals surface area contributed by atoms with Crippen molar-refractivity contribution < 1.29 is 19.7 Å². The van der Waals surface area contributed by atoms with E-state index in [2.05, 4.69) is 55.0 Å². The molecule has 0 aromatic rings. The van der Waals surface area contributed by atoms with Crippen LogP contribution in [-0.2, 0) is 9.53 Å². The highest BCUT2D eigenvalue weighted by molar-refractivity contribution is 5.88. The van der Waals surface area contributed by atoms with E-state index in [1.807, 2.05) is 6.92 Å². The Kier molecular flexibility index (Phi) is 7.78. The van der Waals surface area contributed by atoms with Gasteiger partial charge in [0.25, 0.3) is 0 Å². The van der Waals surface area contributed by atoms with Crippen LogP contribution in [0, 0.1) is 51.8 Å². The quantitative estimate of drug-likeness (QED) is 0.267. The lowest BCUT2D eigenvalue weighted by Crippen LogP contribution is -2.65. The fourth-order valence-corrected chi connectivity index (χ4v) is 10.2. The lowest BCUT2D eigenvalue weighted by Gasteiger charge is -2.69. The number of allylic oxidation sites excluding steroid dienone is 1. The number of carboxylic acid groups (broad SMARTS) is 1. The van der Waals surface area contributed by atoms with Gasteiger partial charge in [0.15, 0.2) is 0 Å². The number of ether oxygens (including phenoxy) is 1. The topological polar surface area (TPSA) is 66.8 Å². The maximum absolute atomic E-state index is 12.7. The second-order valence-electron chi connectivity index (χ2n) is 14.7. The maximum Gasteiger partial charge on any atom is 0.331 e. The van der Waals surface area contributed by atoms with Crippen LogP contribution >= 0.6 is 0 Å². The van der Waals surface area contributed by atoms with Crippen LogP contribution in [0.5, 0.6) is 0 Å².